The Morgan fingerprint density at radius 1 is 1.33 bits per heavy atom. The number of nitrogens with zero attached hydrogens (tertiary/aromatic N) is 1. The van der Waals surface area contributed by atoms with E-state index in [9.17, 15) is 9.90 Å². The van der Waals surface area contributed by atoms with Crippen LogP contribution in [0.5, 0.6) is 5.75 Å². The number of aromatic hydroxyl groups is 1. The third-order valence-electron chi connectivity index (χ3n) is 2.44. The van der Waals surface area contributed by atoms with Gasteiger partial charge in [-0.15, -0.1) is 0 Å². The van der Waals surface area contributed by atoms with Gasteiger partial charge in [-0.2, -0.15) is 5.10 Å². The summed E-state index contributed by atoms with van der Waals surface area (Å²) in [5.74, 6) is 0.465. The van der Waals surface area contributed by atoms with Crippen LogP contribution < -0.4 is 5.43 Å². The minimum atomic E-state index is -0.0743. The molecule has 0 aliphatic rings. The number of phenols is 1. The maximum absolute atomic E-state index is 11.5. The fourth-order valence-corrected chi connectivity index (χ4v) is 1.55. The zero-order chi connectivity index (χ0) is 13.5. The van der Waals surface area contributed by atoms with Gasteiger partial charge in [0, 0.05) is 6.42 Å². The maximum atomic E-state index is 11.5. The van der Waals surface area contributed by atoms with E-state index in [1.165, 1.54) is 0 Å². The Morgan fingerprint density at radius 2 is 1.94 bits per heavy atom. The summed E-state index contributed by atoms with van der Waals surface area (Å²) in [5, 5.41) is 13.3. The minimum absolute atomic E-state index is 0.0743. The van der Waals surface area contributed by atoms with E-state index in [1.54, 1.807) is 24.3 Å². The smallest absolute Gasteiger partial charge is 0.240 e. The third kappa shape index (κ3) is 4.57. The van der Waals surface area contributed by atoms with Crippen LogP contribution in [0, 0.1) is 5.92 Å². The van der Waals surface area contributed by atoms with E-state index in [1.807, 2.05) is 20.8 Å². The van der Waals surface area contributed by atoms with Crippen molar-refractivity contribution in [2.24, 2.45) is 11.0 Å². The molecule has 0 saturated heterocycles. The van der Waals surface area contributed by atoms with Gasteiger partial charge in [-0.3, -0.25) is 4.79 Å². The number of hydrazone groups is 1. The van der Waals surface area contributed by atoms with Crippen molar-refractivity contribution in [1.82, 2.24) is 5.43 Å². The fraction of sp³-hybridized carbons (Fsp3) is 0.429. The molecule has 2 N–H and O–H groups in total. The SMILES string of the molecule is CCC(=NNC(=O)CC(C)C)c1ccc(O)cc1. The number of carbonyl (C=O) groups excluding carboxylic acids is 1. The zero-order valence-electron chi connectivity index (χ0n) is 11.1. The Balaban J connectivity index is 2.71. The van der Waals surface area contributed by atoms with Crippen molar-refractivity contribution in [3.8, 4) is 5.75 Å². The molecule has 0 bridgehead atoms. The summed E-state index contributed by atoms with van der Waals surface area (Å²) in [6.45, 7) is 5.95. The van der Waals surface area contributed by atoms with Crippen LogP contribution in [0.1, 0.15) is 39.2 Å². The van der Waals surface area contributed by atoms with Crippen LogP contribution in [-0.4, -0.2) is 16.7 Å². The Morgan fingerprint density at radius 3 is 2.44 bits per heavy atom. The molecule has 18 heavy (non-hydrogen) atoms. The van der Waals surface area contributed by atoms with Crippen molar-refractivity contribution >= 4 is 11.6 Å². The van der Waals surface area contributed by atoms with Crippen molar-refractivity contribution in [2.45, 2.75) is 33.6 Å². The van der Waals surface area contributed by atoms with E-state index < -0.39 is 0 Å². The van der Waals surface area contributed by atoms with Crippen LogP contribution >= 0.6 is 0 Å². The first-order chi connectivity index (χ1) is 8.52. The first-order valence-corrected chi connectivity index (χ1v) is 6.17. The van der Waals surface area contributed by atoms with Crippen LogP contribution in [0.25, 0.3) is 0 Å². The zero-order valence-corrected chi connectivity index (χ0v) is 11.1. The van der Waals surface area contributed by atoms with E-state index >= 15 is 0 Å². The highest BCUT2D eigenvalue weighted by atomic mass is 16.3. The molecule has 0 unspecified atom stereocenters. The number of rotatable bonds is 5. The molecule has 0 fully saturated rings. The number of amides is 1. The molecule has 4 heteroatoms. The molecule has 0 radical (unpaired) electrons. The molecule has 1 rings (SSSR count). The third-order valence-corrected chi connectivity index (χ3v) is 2.44. The van der Waals surface area contributed by atoms with Gasteiger partial charge in [0.2, 0.25) is 5.91 Å². The molecule has 0 aliphatic carbocycles. The standard InChI is InChI=1S/C14H20N2O2/c1-4-13(11-5-7-12(17)8-6-11)15-16-14(18)9-10(2)3/h5-8,10,17H,4,9H2,1-3H3,(H,16,18). The van der Waals surface area contributed by atoms with E-state index in [-0.39, 0.29) is 11.7 Å². The number of benzene rings is 1. The predicted molar refractivity (Wildman–Crippen MR) is 72.5 cm³/mol. The maximum Gasteiger partial charge on any atom is 0.240 e. The molecule has 1 aromatic carbocycles. The molecule has 1 amide bonds. The first kappa shape index (κ1) is 14.2. The fourth-order valence-electron chi connectivity index (χ4n) is 1.55. The van der Waals surface area contributed by atoms with E-state index in [4.69, 9.17) is 0 Å². The van der Waals surface area contributed by atoms with Gasteiger partial charge in [0.25, 0.3) is 0 Å². The lowest BCUT2D eigenvalue weighted by Gasteiger charge is -2.06. The summed E-state index contributed by atoms with van der Waals surface area (Å²) in [5.41, 5.74) is 4.27. The summed E-state index contributed by atoms with van der Waals surface area (Å²) >= 11 is 0. The Hall–Kier alpha value is -1.84. The largest absolute Gasteiger partial charge is 0.508 e. The van der Waals surface area contributed by atoms with Gasteiger partial charge in [-0.1, -0.05) is 20.8 Å². The molecule has 0 saturated carbocycles. The molecule has 0 atom stereocenters. The van der Waals surface area contributed by atoms with Crippen molar-refractivity contribution in [1.29, 1.82) is 0 Å². The number of phenolic OH excluding ortho intramolecular Hbond substituents is 1. The molecule has 0 spiro atoms. The van der Waals surface area contributed by atoms with Crippen molar-refractivity contribution < 1.29 is 9.90 Å². The molecule has 4 nitrogen and oxygen atoms in total. The van der Waals surface area contributed by atoms with Gasteiger partial charge in [0.05, 0.1) is 5.71 Å². The first-order valence-electron chi connectivity index (χ1n) is 6.17. The highest BCUT2D eigenvalue weighted by Gasteiger charge is 2.05. The lowest BCUT2D eigenvalue weighted by molar-refractivity contribution is -0.121. The highest BCUT2D eigenvalue weighted by molar-refractivity contribution is 6.00. The normalized spacial score (nSPS) is 11.7. The molecular weight excluding hydrogens is 228 g/mol. The molecule has 0 aliphatic heterocycles. The van der Waals surface area contributed by atoms with Crippen molar-refractivity contribution in [3.05, 3.63) is 29.8 Å². The van der Waals surface area contributed by atoms with Crippen LogP contribution in [-0.2, 0) is 4.79 Å². The van der Waals surface area contributed by atoms with Crippen LogP contribution in [0.4, 0.5) is 0 Å². The molecule has 1 aromatic rings. The lowest BCUT2D eigenvalue weighted by Crippen LogP contribution is -2.21. The van der Waals surface area contributed by atoms with Gasteiger partial charge >= 0.3 is 0 Å². The summed E-state index contributed by atoms with van der Waals surface area (Å²) in [6.07, 6.45) is 1.18. The van der Waals surface area contributed by atoms with Gasteiger partial charge in [0.15, 0.2) is 0 Å². The van der Waals surface area contributed by atoms with E-state index in [2.05, 4.69) is 10.5 Å². The van der Waals surface area contributed by atoms with Gasteiger partial charge in [-0.05, 0) is 42.2 Å². The van der Waals surface area contributed by atoms with E-state index in [0.717, 1.165) is 11.3 Å². The second-order valence-corrected chi connectivity index (χ2v) is 4.59. The number of nitrogens with one attached hydrogen (secondary N) is 1. The van der Waals surface area contributed by atoms with Crippen molar-refractivity contribution in [3.63, 3.8) is 0 Å². The molecular formula is C14H20N2O2. The minimum Gasteiger partial charge on any atom is -0.508 e. The van der Waals surface area contributed by atoms with Crippen LogP contribution in [0.3, 0.4) is 0 Å². The van der Waals surface area contributed by atoms with Gasteiger partial charge in [-0.25, -0.2) is 5.43 Å². The highest BCUT2D eigenvalue weighted by Crippen LogP contribution is 2.11. The van der Waals surface area contributed by atoms with Gasteiger partial charge < -0.3 is 5.11 Å². The molecule has 0 heterocycles. The summed E-state index contributed by atoms with van der Waals surface area (Å²) in [4.78, 5) is 11.5. The molecule has 98 valence electrons. The Kier molecular flexibility index (Phi) is 5.36. The van der Waals surface area contributed by atoms with Crippen molar-refractivity contribution in [2.75, 3.05) is 0 Å². The number of hydrogen-bond acceptors (Lipinski definition) is 3. The van der Waals surface area contributed by atoms with Crippen LogP contribution in [0.15, 0.2) is 29.4 Å². The topological polar surface area (TPSA) is 61.7 Å². The number of hydrogen-bond donors (Lipinski definition) is 2. The van der Waals surface area contributed by atoms with E-state index in [0.29, 0.717) is 18.8 Å². The Labute approximate surface area is 108 Å². The average molecular weight is 248 g/mol. The quantitative estimate of drug-likeness (QED) is 0.621. The summed E-state index contributed by atoms with van der Waals surface area (Å²) in [7, 11) is 0. The predicted octanol–water partition coefficient (Wildman–Crippen LogP) is 2.67. The number of carbonyl (C=O) groups is 1. The monoisotopic (exact) mass is 248 g/mol. The lowest BCUT2D eigenvalue weighted by atomic mass is 10.1. The average Bonchev–Trinajstić information content (AvgIpc) is 2.31. The second-order valence-electron chi connectivity index (χ2n) is 4.59. The Bertz CT molecular complexity index is 422. The van der Waals surface area contributed by atoms with Gasteiger partial charge in [0.1, 0.15) is 5.75 Å². The summed E-state index contributed by atoms with van der Waals surface area (Å²) in [6, 6.07) is 6.78. The second kappa shape index (κ2) is 6.79. The summed E-state index contributed by atoms with van der Waals surface area (Å²) < 4.78 is 0. The van der Waals surface area contributed by atoms with Crippen LogP contribution in [0.2, 0.25) is 0 Å². The molecule has 0 aromatic heterocycles.